The fraction of sp³-hybridized carbons (Fsp3) is 0.760. The molecule has 1 aromatic rings. The number of fused-ring (bicyclic) bond motifs is 1. The number of rotatable bonds is 8. The predicted molar refractivity (Wildman–Crippen MR) is 131 cm³/mol. The highest BCUT2D eigenvalue weighted by molar-refractivity contribution is 14.0. The van der Waals surface area contributed by atoms with Gasteiger partial charge in [-0.1, -0.05) is 54.5 Å². The van der Waals surface area contributed by atoms with Crippen LogP contribution < -0.4 is 0 Å². The second kappa shape index (κ2) is 9.61. The van der Waals surface area contributed by atoms with E-state index in [0.717, 1.165) is 0 Å². The van der Waals surface area contributed by atoms with E-state index in [-0.39, 0.29) is 24.0 Å². The summed E-state index contributed by atoms with van der Waals surface area (Å²) in [5.74, 6) is 0. The van der Waals surface area contributed by atoms with Gasteiger partial charge in [0, 0.05) is 5.56 Å². The van der Waals surface area contributed by atoms with Gasteiger partial charge in [-0.3, -0.25) is 0 Å². The van der Waals surface area contributed by atoms with Gasteiger partial charge in [0.1, 0.15) is 6.54 Å². The first kappa shape index (κ1) is 24.9. The molecule has 0 saturated carbocycles. The van der Waals surface area contributed by atoms with Crippen molar-refractivity contribution in [2.75, 3.05) is 19.6 Å². The highest BCUT2D eigenvalue weighted by atomic mass is 127. The molecule has 27 heavy (non-hydrogen) atoms. The van der Waals surface area contributed by atoms with E-state index < -0.39 is 0 Å². The summed E-state index contributed by atoms with van der Waals surface area (Å²) in [7, 11) is 0. The van der Waals surface area contributed by atoms with Crippen LogP contribution in [0, 0.1) is 6.92 Å². The van der Waals surface area contributed by atoms with E-state index in [0.29, 0.717) is 10.8 Å². The van der Waals surface area contributed by atoms with Crippen LogP contribution in [0.4, 0.5) is 0 Å². The third kappa shape index (κ3) is 5.50. The maximum Gasteiger partial charge on any atom is 0.105 e. The summed E-state index contributed by atoms with van der Waals surface area (Å²) >= 11 is 0. The minimum atomic E-state index is 0. The summed E-state index contributed by atoms with van der Waals surface area (Å²) in [6, 6.07) is 5.16. The average molecular weight is 487 g/mol. The van der Waals surface area contributed by atoms with Crippen molar-refractivity contribution in [1.82, 2.24) is 0 Å². The smallest absolute Gasteiger partial charge is 0.105 e. The van der Waals surface area contributed by atoms with Crippen molar-refractivity contribution in [3.63, 3.8) is 0 Å². The molecule has 0 fully saturated rings. The molecule has 0 radical (unpaired) electrons. The molecule has 0 aliphatic heterocycles. The van der Waals surface area contributed by atoms with Crippen LogP contribution in [0.3, 0.4) is 0 Å². The molecular formula is C25H45IN+. The Kier molecular flexibility index (Phi) is 8.88. The zero-order valence-electron chi connectivity index (χ0n) is 19.4. The van der Waals surface area contributed by atoms with Crippen LogP contribution in [0.5, 0.6) is 0 Å². The lowest BCUT2D eigenvalue weighted by Gasteiger charge is -2.43. The fourth-order valence-corrected chi connectivity index (χ4v) is 5.29. The molecule has 0 amide bonds. The molecule has 1 nitrogen and oxygen atoms in total. The van der Waals surface area contributed by atoms with Crippen LogP contribution >= 0.6 is 24.0 Å². The number of hydrogen-bond donors (Lipinski definition) is 0. The van der Waals surface area contributed by atoms with E-state index >= 15 is 0 Å². The van der Waals surface area contributed by atoms with Gasteiger partial charge in [0.25, 0.3) is 0 Å². The quantitative estimate of drug-likeness (QED) is 0.264. The van der Waals surface area contributed by atoms with Gasteiger partial charge in [-0.05, 0) is 72.6 Å². The van der Waals surface area contributed by atoms with Gasteiger partial charge in [0.05, 0.1) is 19.6 Å². The van der Waals surface area contributed by atoms with Crippen molar-refractivity contribution < 1.29 is 4.48 Å². The topological polar surface area (TPSA) is 0 Å². The third-order valence-corrected chi connectivity index (χ3v) is 6.91. The number of aryl methyl sites for hydroxylation is 1. The van der Waals surface area contributed by atoms with E-state index in [1.165, 1.54) is 68.3 Å². The van der Waals surface area contributed by atoms with E-state index in [4.69, 9.17) is 0 Å². The second-order valence-corrected chi connectivity index (χ2v) is 10.3. The molecule has 0 bridgehead atoms. The Hall–Kier alpha value is -0.0900. The second-order valence-electron chi connectivity index (χ2n) is 10.3. The summed E-state index contributed by atoms with van der Waals surface area (Å²) in [6.45, 7) is 24.3. The van der Waals surface area contributed by atoms with Crippen molar-refractivity contribution in [2.45, 2.75) is 105 Å². The van der Waals surface area contributed by atoms with Gasteiger partial charge in [-0.15, -0.1) is 24.0 Å². The lowest BCUT2D eigenvalue weighted by atomic mass is 9.62. The summed E-state index contributed by atoms with van der Waals surface area (Å²) in [6.07, 6.45) is 6.44. The van der Waals surface area contributed by atoms with Crippen LogP contribution in [-0.2, 0) is 17.4 Å². The Labute approximate surface area is 186 Å². The summed E-state index contributed by atoms with van der Waals surface area (Å²) in [4.78, 5) is 0. The van der Waals surface area contributed by atoms with Crippen LogP contribution in [0.15, 0.2) is 12.1 Å². The van der Waals surface area contributed by atoms with Crippen molar-refractivity contribution in [2.24, 2.45) is 0 Å². The first-order valence-corrected chi connectivity index (χ1v) is 11.1. The molecule has 156 valence electrons. The Morgan fingerprint density at radius 2 is 1.19 bits per heavy atom. The maximum atomic E-state index is 2.61. The van der Waals surface area contributed by atoms with Crippen molar-refractivity contribution >= 4 is 24.0 Å². The van der Waals surface area contributed by atoms with Gasteiger partial charge in [-0.25, -0.2) is 0 Å². The number of nitrogens with zero attached hydrogens (tertiary/aromatic N) is 1. The minimum Gasteiger partial charge on any atom is -0.320 e. The van der Waals surface area contributed by atoms with Crippen LogP contribution in [0.1, 0.15) is 103 Å². The fourth-order valence-electron chi connectivity index (χ4n) is 5.29. The van der Waals surface area contributed by atoms with Crippen molar-refractivity contribution in [1.29, 1.82) is 0 Å². The Morgan fingerprint density at radius 1 is 0.778 bits per heavy atom. The minimum absolute atomic E-state index is 0. The molecule has 2 heteroatoms. The molecule has 0 spiro atoms. The molecule has 1 aliphatic rings. The number of quaternary nitrogens is 1. The molecule has 0 atom stereocenters. The summed E-state index contributed by atoms with van der Waals surface area (Å²) < 4.78 is 1.27. The number of hydrogen-bond acceptors (Lipinski definition) is 0. The Bertz CT molecular complexity index is 598. The third-order valence-electron chi connectivity index (χ3n) is 6.91. The Morgan fingerprint density at radius 3 is 1.59 bits per heavy atom. The van der Waals surface area contributed by atoms with Gasteiger partial charge in [0.2, 0.25) is 0 Å². The molecule has 0 saturated heterocycles. The van der Waals surface area contributed by atoms with E-state index in [9.17, 15) is 0 Å². The zero-order chi connectivity index (χ0) is 19.6. The van der Waals surface area contributed by atoms with E-state index in [2.05, 4.69) is 67.5 Å². The molecule has 1 aromatic carbocycles. The van der Waals surface area contributed by atoms with Gasteiger partial charge >= 0.3 is 0 Å². The largest absolute Gasteiger partial charge is 0.320 e. The molecule has 0 heterocycles. The average Bonchev–Trinajstić information content (AvgIpc) is 2.54. The van der Waals surface area contributed by atoms with E-state index in [1.54, 1.807) is 16.7 Å². The molecular weight excluding hydrogens is 441 g/mol. The highest BCUT2D eigenvalue weighted by Crippen LogP contribution is 2.46. The first-order valence-electron chi connectivity index (χ1n) is 11.1. The molecule has 0 unspecified atom stereocenters. The van der Waals surface area contributed by atoms with Crippen molar-refractivity contribution in [3.8, 4) is 0 Å². The SMILES string of the molecule is CCC[N+](CCC)(CCC)Cc1cc2c(cc1C)C(C)(C)CCC2(C)C.I. The normalized spacial score (nSPS) is 17.9. The summed E-state index contributed by atoms with van der Waals surface area (Å²) in [5, 5.41) is 0. The van der Waals surface area contributed by atoms with Crippen LogP contribution in [0.2, 0.25) is 0 Å². The highest BCUT2D eigenvalue weighted by Gasteiger charge is 2.38. The first-order chi connectivity index (χ1) is 12.1. The lowest BCUT2D eigenvalue weighted by molar-refractivity contribution is -0.941. The molecule has 1 aliphatic carbocycles. The molecule has 0 N–H and O–H groups in total. The van der Waals surface area contributed by atoms with Gasteiger partial charge in [-0.2, -0.15) is 0 Å². The van der Waals surface area contributed by atoms with Crippen molar-refractivity contribution in [3.05, 3.63) is 34.4 Å². The summed E-state index contributed by atoms with van der Waals surface area (Å²) in [5.41, 5.74) is 6.97. The lowest BCUT2D eigenvalue weighted by Crippen LogP contribution is -2.49. The Balaban J connectivity index is 0.00000364. The van der Waals surface area contributed by atoms with Gasteiger partial charge in [0.15, 0.2) is 0 Å². The van der Waals surface area contributed by atoms with Crippen LogP contribution in [-0.4, -0.2) is 24.1 Å². The predicted octanol–water partition coefficient (Wildman–Crippen LogP) is 7.51. The monoisotopic (exact) mass is 486 g/mol. The standard InChI is InChI=1S/C25H44N.HI/c1-9-14-26(15-10-2,16-11-3)19-21-18-23-22(17-20(21)4)24(5,6)12-13-25(23,7)8;/h17-18H,9-16,19H2,1-8H3;1H/q+1;. The van der Waals surface area contributed by atoms with Crippen LogP contribution in [0.25, 0.3) is 0 Å². The number of halogens is 1. The van der Waals surface area contributed by atoms with E-state index in [1.807, 2.05) is 0 Å². The zero-order valence-corrected chi connectivity index (χ0v) is 21.7. The molecule has 0 aromatic heterocycles. The number of benzene rings is 1. The van der Waals surface area contributed by atoms with Gasteiger partial charge < -0.3 is 4.48 Å². The molecule has 2 rings (SSSR count). The maximum absolute atomic E-state index is 2.61.